The predicted octanol–water partition coefficient (Wildman–Crippen LogP) is 2.33. The first kappa shape index (κ1) is 15.0. The van der Waals surface area contributed by atoms with Crippen molar-refractivity contribution in [2.45, 2.75) is 26.8 Å². The summed E-state index contributed by atoms with van der Waals surface area (Å²) in [5.74, 6) is 1.03. The summed E-state index contributed by atoms with van der Waals surface area (Å²) < 4.78 is 31.2. The first-order valence-electron chi connectivity index (χ1n) is 6.03. The van der Waals surface area contributed by atoms with Gasteiger partial charge in [-0.3, -0.25) is 0 Å². The summed E-state index contributed by atoms with van der Waals surface area (Å²) in [5, 5.41) is 0. The molecule has 0 saturated heterocycles. The van der Waals surface area contributed by atoms with E-state index >= 15 is 0 Å². The lowest BCUT2D eigenvalue weighted by Crippen LogP contribution is -2.32. The van der Waals surface area contributed by atoms with Crippen molar-refractivity contribution in [1.29, 1.82) is 0 Å². The Bertz CT molecular complexity index is 466. The smallest absolute Gasteiger partial charge is 0.211 e. The van der Waals surface area contributed by atoms with Gasteiger partial charge in [-0.2, -0.15) is 0 Å². The largest absolute Gasteiger partial charge is 0.497 e. The normalized spacial score (nSPS) is 13.6. The highest BCUT2D eigenvalue weighted by Gasteiger charge is 2.21. The Morgan fingerprint density at radius 2 is 1.78 bits per heavy atom. The summed E-state index contributed by atoms with van der Waals surface area (Å²) in [6.07, 6.45) is 0. The molecule has 0 unspecified atom stereocenters. The molecule has 0 radical (unpaired) electrons. The molecule has 18 heavy (non-hydrogen) atoms. The molecule has 0 saturated carbocycles. The van der Waals surface area contributed by atoms with E-state index in [1.165, 1.54) is 0 Å². The zero-order chi connectivity index (χ0) is 13.8. The Hall–Kier alpha value is -1.07. The number of rotatable bonds is 6. The van der Waals surface area contributed by atoms with Crippen LogP contribution < -0.4 is 9.46 Å². The van der Waals surface area contributed by atoms with Gasteiger partial charge in [0.05, 0.1) is 12.9 Å². The Balaban J connectivity index is 2.97. The third-order valence-electron chi connectivity index (χ3n) is 2.83. The molecule has 0 aliphatic heterocycles. The molecule has 1 N–H and O–H groups in total. The number of hydrogen-bond acceptors (Lipinski definition) is 3. The molecule has 0 fully saturated rings. The average molecular weight is 271 g/mol. The Labute approximate surface area is 109 Å². The van der Waals surface area contributed by atoms with Gasteiger partial charge in [0.25, 0.3) is 0 Å². The minimum absolute atomic E-state index is 0.0897. The van der Waals surface area contributed by atoms with Crippen LogP contribution >= 0.6 is 0 Å². The minimum Gasteiger partial charge on any atom is -0.497 e. The summed E-state index contributed by atoms with van der Waals surface area (Å²) >= 11 is 0. The molecule has 1 aromatic carbocycles. The monoisotopic (exact) mass is 271 g/mol. The van der Waals surface area contributed by atoms with Crippen molar-refractivity contribution in [1.82, 2.24) is 4.72 Å². The van der Waals surface area contributed by atoms with Crippen LogP contribution in [0, 0.1) is 5.92 Å². The number of methoxy groups -OCH3 is 1. The number of benzene rings is 1. The molecular weight excluding hydrogens is 250 g/mol. The van der Waals surface area contributed by atoms with Gasteiger partial charge in [-0.1, -0.05) is 26.0 Å². The van der Waals surface area contributed by atoms with Crippen molar-refractivity contribution < 1.29 is 13.2 Å². The Morgan fingerprint density at radius 1 is 1.22 bits per heavy atom. The standard InChI is InChI=1S/C13H21NO3S/c1-5-18(15,16)14-13(10(2)3)11-6-8-12(17-4)9-7-11/h6-10,13-14H,5H2,1-4H3/t13-/m0/s1. The molecule has 1 atom stereocenters. The van der Waals surface area contributed by atoms with E-state index in [0.717, 1.165) is 11.3 Å². The van der Waals surface area contributed by atoms with Crippen molar-refractivity contribution >= 4 is 10.0 Å². The second kappa shape index (κ2) is 6.20. The molecule has 0 aromatic heterocycles. The molecule has 0 spiro atoms. The topological polar surface area (TPSA) is 55.4 Å². The summed E-state index contributed by atoms with van der Waals surface area (Å²) in [4.78, 5) is 0. The van der Waals surface area contributed by atoms with Crippen LogP contribution in [0.3, 0.4) is 0 Å². The van der Waals surface area contributed by atoms with Crippen LogP contribution in [0.25, 0.3) is 0 Å². The van der Waals surface area contributed by atoms with E-state index in [9.17, 15) is 8.42 Å². The predicted molar refractivity (Wildman–Crippen MR) is 73.2 cm³/mol. The second-order valence-corrected chi connectivity index (χ2v) is 6.56. The van der Waals surface area contributed by atoms with Crippen LogP contribution in [0.15, 0.2) is 24.3 Å². The summed E-state index contributed by atoms with van der Waals surface area (Å²) in [5.41, 5.74) is 0.947. The van der Waals surface area contributed by atoms with Gasteiger partial charge in [-0.05, 0) is 30.5 Å². The van der Waals surface area contributed by atoms with Gasteiger partial charge in [0.2, 0.25) is 10.0 Å². The molecule has 102 valence electrons. The maximum atomic E-state index is 11.7. The lowest BCUT2D eigenvalue weighted by molar-refractivity contribution is 0.413. The molecule has 0 bridgehead atoms. The van der Waals surface area contributed by atoms with Gasteiger partial charge in [-0.15, -0.1) is 0 Å². The highest BCUT2D eigenvalue weighted by atomic mass is 32.2. The van der Waals surface area contributed by atoms with Gasteiger partial charge in [0, 0.05) is 6.04 Å². The van der Waals surface area contributed by atoms with E-state index in [1.807, 2.05) is 38.1 Å². The molecule has 1 rings (SSSR count). The fraction of sp³-hybridized carbons (Fsp3) is 0.538. The fourth-order valence-corrected chi connectivity index (χ4v) is 2.64. The second-order valence-electron chi connectivity index (χ2n) is 4.52. The Morgan fingerprint density at radius 3 is 2.17 bits per heavy atom. The van der Waals surface area contributed by atoms with Crippen molar-refractivity contribution in [3.05, 3.63) is 29.8 Å². The van der Waals surface area contributed by atoms with E-state index in [4.69, 9.17) is 4.74 Å². The van der Waals surface area contributed by atoms with Crippen LogP contribution in [-0.2, 0) is 10.0 Å². The molecule has 0 aliphatic rings. The average Bonchev–Trinajstić information content (AvgIpc) is 2.36. The first-order valence-corrected chi connectivity index (χ1v) is 7.68. The summed E-state index contributed by atoms with van der Waals surface area (Å²) in [6.45, 7) is 5.62. The number of sulfonamides is 1. The lowest BCUT2D eigenvalue weighted by Gasteiger charge is -2.22. The van der Waals surface area contributed by atoms with Gasteiger partial charge in [-0.25, -0.2) is 13.1 Å². The van der Waals surface area contributed by atoms with Crippen molar-refractivity contribution in [2.75, 3.05) is 12.9 Å². The molecule has 0 heterocycles. The fourth-order valence-electron chi connectivity index (χ4n) is 1.68. The summed E-state index contributed by atoms with van der Waals surface area (Å²) in [7, 11) is -1.60. The summed E-state index contributed by atoms with van der Waals surface area (Å²) in [6, 6.07) is 7.25. The number of nitrogens with one attached hydrogen (secondary N) is 1. The zero-order valence-corrected chi connectivity index (χ0v) is 12.1. The van der Waals surface area contributed by atoms with E-state index < -0.39 is 10.0 Å². The van der Waals surface area contributed by atoms with E-state index in [-0.39, 0.29) is 17.7 Å². The van der Waals surface area contributed by atoms with Gasteiger partial charge in [0.1, 0.15) is 5.75 Å². The van der Waals surface area contributed by atoms with E-state index in [0.29, 0.717) is 0 Å². The highest BCUT2D eigenvalue weighted by molar-refractivity contribution is 7.89. The van der Waals surface area contributed by atoms with Gasteiger partial charge >= 0.3 is 0 Å². The van der Waals surface area contributed by atoms with Crippen LogP contribution in [-0.4, -0.2) is 21.3 Å². The van der Waals surface area contributed by atoms with Crippen molar-refractivity contribution in [2.24, 2.45) is 5.92 Å². The van der Waals surface area contributed by atoms with Crippen LogP contribution in [0.5, 0.6) is 5.75 Å². The molecule has 4 nitrogen and oxygen atoms in total. The quantitative estimate of drug-likeness (QED) is 0.864. The minimum atomic E-state index is -3.21. The third-order valence-corrected chi connectivity index (χ3v) is 4.20. The van der Waals surface area contributed by atoms with Gasteiger partial charge in [0.15, 0.2) is 0 Å². The highest BCUT2D eigenvalue weighted by Crippen LogP contribution is 2.24. The molecule has 1 aromatic rings. The van der Waals surface area contributed by atoms with Crippen molar-refractivity contribution in [3.63, 3.8) is 0 Å². The van der Waals surface area contributed by atoms with E-state index in [1.54, 1.807) is 14.0 Å². The SMILES string of the molecule is CCS(=O)(=O)N[C@H](c1ccc(OC)cc1)C(C)C. The third kappa shape index (κ3) is 3.99. The maximum absolute atomic E-state index is 11.7. The maximum Gasteiger partial charge on any atom is 0.211 e. The van der Waals surface area contributed by atoms with E-state index in [2.05, 4.69) is 4.72 Å². The van der Waals surface area contributed by atoms with Crippen LogP contribution in [0.2, 0.25) is 0 Å². The molecule has 5 heteroatoms. The zero-order valence-electron chi connectivity index (χ0n) is 11.3. The van der Waals surface area contributed by atoms with Crippen LogP contribution in [0.1, 0.15) is 32.4 Å². The molecular formula is C13H21NO3S. The molecule has 0 aliphatic carbocycles. The van der Waals surface area contributed by atoms with Crippen molar-refractivity contribution in [3.8, 4) is 5.75 Å². The van der Waals surface area contributed by atoms with Gasteiger partial charge < -0.3 is 4.74 Å². The van der Waals surface area contributed by atoms with Crippen LogP contribution in [0.4, 0.5) is 0 Å². The number of hydrogen-bond donors (Lipinski definition) is 1. The Kier molecular flexibility index (Phi) is 5.16. The first-order chi connectivity index (χ1) is 8.39. The number of ether oxygens (including phenoxy) is 1. The molecule has 0 amide bonds. The lowest BCUT2D eigenvalue weighted by atomic mass is 9.97.